The summed E-state index contributed by atoms with van der Waals surface area (Å²) in [5.74, 6) is -0.0486. The molecule has 1 aromatic rings. The van der Waals surface area contributed by atoms with E-state index in [0.29, 0.717) is 30.4 Å². The Balaban J connectivity index is 2.04. The number of carbonyl (C=O) groups is 2. The Morgan fingerprint density at radius 3 is 2.73 bits per heavy atom. The first-order chi connectivity index (χ1) is 10.5. The van der Waals surface area contributed by atoms with Crippen molar-refractivity contribution in [3.05, 3.63) is 24.3 Å². The molecule has 1 unspecified atom stereocenters. The average Bonchev–Trinajstić information content (AvgIpc) is 2.48. The second-order valence-corrected chi connectivity index (χ2v) is 6.12. The van der Waals surface area contributed by atoms with Crippen LogP contribution < -0.4 is 10.1 Å². The summed E-state index contributed by atoms with van der Waals surface area (Å²) < 4.78 is 5.65. The SMILES string of the molecule is CC1CCCN(C(=O)C(=O)Nc2ccccc2OC(C)C)C1. The second-order valence-electron chi connectivity index (χ2n) is 6.12. The number of nitrogens with zero attached hydrogens (tertiary/aromatic N) is 1. The third kappa shape index (κ3) is 4.23. The maximum absolute atomic E-state index is 12.3. The molecule has 5 nitrogen and oxygen atoms in total. The predicted molar refractivity (Wildman–Crippen MR) is 85.8 cm³/mol. The highest BCUT2D eigenvalue weighted by Gasteiger charge is 2.26. The van der Waals surface area contributed by atoms with Crippen molar-refractivity contribution in [2.24, 2.45) is 5.92 Å². The van der Waals surface area contributed by atoms with Crippen molar-refractivity contribution in [1.82, 2.24) is 4.90 Å². The number of carbonyl (C=O) groups excluding carboxylic acids is 2. The number of ether oxygens (including phenoxy) is 1. The lowest BCUT2D eigenvalue weighted by Gasteiger charge is -2.30. The van der Waals surface area contributed by atoms with Crippen LogP contribution in [0, 0.1) is 5.92 Å². The Morgan fingerprint density at radius 1 is 1.32 bits per heavy atom. The van der Waals surface area contributed by atoms with Crippen LogP contribution in [0.4, 0.5) is 5.69 Å². The van der Waals surface area contributed by atoms with Crippen LogP contribution in [-0.2, 0) is 9.59 Å². The molecule has 0 saturated carbocycles. The second kappa shape index (κ2) is 7.29. The molecule has 0 spiro atoms. The van der Waals surface area contributed by atoms with Crippen molar-refractivity contribution in [2.75, 3.05) is 18.4 Å². The van der Waals surface area contributed by atoms with Crippen LogP contribution in [0.1, 0.15) is 33.6 Å². The van der Waals surface area contributed by atoms with Crippen molar-refractivity contribution in [3.8, 4) is 5.75 Å². The lowest BCUT2D eigenvalue weighted by Crippen LogP contribution is -2.44. The molecular formula is C17H24N2O3. The molecule has 2 amide bonds. The zero-order valence-electron chi connectivity index (χ0n) is 13.5. The Labute approximate surface area is 131 Å². The molecule has 22 heavy (non-hydrogen) atoms. The summed E-state index contributed by atoms with van der Waals surface area (Å²) in [4.78, 5) is 26.1. The number of amides is 2. The van der Waals surface area contributed by atoms with Crippen LogP contribution in [0.25, 0.3) is 0 Å². The third-order valence-electron chi connectivity index (χ3n) is 3.64. The summed E-state index contributed by atoms with van der Waals surface area (Å²) in [7, 11) is 0. The molecule has 1 atom stereocenters. The molecule has 2 rings (SSSR count). The molecule has 120 valence electrons. The van der Waals surface area contributed by atoms with Gasteiger partial charge in [-0.1, -0.05) is 19.1 Å². The average molecular weight is 304 g/mol. The quantitative estimate of drug-likeness (QED) is 0.873. The molecule has 5 heteroatoms. The topological polar surface area (TPSA) is 58.6 Å². The molecule has 0 aliphatic carbocycles. The molecule has 1 aromatic carbocycles. The van der Waals surface area contributed by atoms with E-state index in [0.717, 1.165) is 12.8 Å². The first kappa shape index (κ1) is 16.3. The van der Waals surface area contributed by atoms with E-state index in [-0.39, 0.29) is 6.10 Å². The Morgan fingerprint density at radius 2 is 2.05 bits per heavy atom. The number of para-hydroxylation sites is 2. The molecule has 0 bridgehead atoms. The molecule has 1 aliphatic rings. The summed E-state index contributed by atoms with van der Waals surface area (Å²) >= 11 is 0. The van der Waals surface area contributed by atoms with Gasteiger partial charge in [0, 0.05) is 13.1 Å². The smallest absolute Gasteiger partial charge is 0.314 e. The third-order valence-corrected chi connectivity index (χ3v) is 3.64. The van der Waals surface area contributed by atoms with Gasteiger partial charge in [0.15, 0.2) is 0 Å². The summed E-state index contributed by atoms with van der Waals surface area (Å²) in [5, 5.41) is 2.67. The van der Waals surface area contributed by atoms with Gasteiger partial charge in [0.25, 0.3) is 0 Å². The van der Waals surface area contributed by atoms with E-state index in [2.05, 4.69) is 12.2 Å². The fourth-order valence-corrected chi connectivity index (χ4v) is 2.62. The normalized spacial score (nSPS) is 18.2. The van der Waals surface area contributed by atoms with E-state index in [1.807, 2.05) is 19.9 Å². The maximum atomic E-state index is 12.3. The van der Waals surface area contributed by atoms with Gasteiger partial charge in [-0.3, -0.25) is 9.59 Å². The van der Waals surface area contributed by atoms with Gasteiger partial charge in [0.05, 0.1) is 11.8 Å². The Kier molecular flexibility index (Phi) is 5.41. The minimum absolute atomic E-state index is 0.00306. The van der Waals surface area contributed by atoms with Gasteiger partial charge < -0.3 is 15.0 Å². The zero-order valence-corrected chi connectivity index (χ0v) is 13.5. The van der Waals surface area contributed by atoms with Crippen LogP contribution >= 0.6 is 0 Å². The fourth-order valence-electron chi connectivity index (χ4n) is 2.62. The van der Waals surface area contributed by atoms with Gasteiger partial charge >= 0.3 is 11.8 Å². The van der Waals surface area contributed by atoms with E-state index in [9.17, 15) is 9.59 Å². The summed E-state index contributed by atoms with van der Waals surface area (Å²) in [6, 6.07) is 7.16. The fraction of sp³-hybridized carbons (Fsp3) is 0.529. The number of anilines is 1. The van der Waals surface area contributed by atoms with Gasteiger partial charge in [-0.05, 0) is 44.7 Å². The van der Waals surface area contributed by atoms with Crippen LogP contribution in [0.2, 0.25) is 0 Å². The van der Waals surface area contributed by atoms with E-state index in [1.54, 1.807) is 23.1 Å². The minimum atomic E-state index is -0.603. The van der Waals surface area contributed by atoms with Crippen molar-refractivity contribution in [1.29, 1.82) is 0 Å². The van der Waals surface area contributed by atoms with Gasteiger partial charge in [-0.15, -0.1) is 0 Å². The van der Waals surface area contributed by atoms with E-state index in [4.69, 9.17) is 4.74 Å². The molecule has 0 radical (unpaired) electrons. The standard InChI is InChI=1S/C17H24N2O3/c1-12(2)22-15-9-5-4-8-14(15)18-16(20)17(21)19-10-6-7-13(3)11-19/h4-5,8-9,12-13H,6-7,10-11H2,1-3H3,(H,18,20). The van der Waals surface area contributed by atoms with Crippen LogP contribution in [0.15, 0.2) is 24.3 Å². The summed E-state index contributed by atoms with van der Waals surface area (Å²) in [5.41, 5.74) is 0.527. The Hall–Kier alpha value is -2.04. The lowest BCUT2D eigenvalue weighted by molar-refractivity contribution is -0.144. The largest absolute Gasteiger partial charge is 0.489 e. The molecule has 1 fully saturated rings. The maximum Gasteiger partial charge on any atom is 0.314 e. The first-order valence-electron chi connectivity index (χ1n) is 7.83. The molecule has 1 saturated heterocycles. The number of hydrogen-bond acceptors (Lipinski definition) is 3. The van der Waals surface area contributed by atoms with Gasteiger partial charge in [-0.25, -0.2) is 0 Å². The monoisotopic (exact) mass is 304 g/mol. The summed E-state index contributed by atoms with van der Waals surface area (Å²) in [6.07, 6.45) is 2.06. The highest BCUT2D eigenvalue weighted by molar-refractivity contribution is 6.39. The van der Waals surface area contributed by atoms with Gasteiger partial charge in [-0.2, -0.15) is 0 Å². The van der Waals surface area contributed by atoms with Crippen LogP contribution in [-0.4, -0.2) is 35.9 Å². The number of piperidine rings is 1. The number of rotatable bonds is 3. The van der Waals surface area contributed by atoms with Crippen LogP contribution in [0.3, 0.4) is 0 Å². The van der Waals surface area contributed by atoms with Gasteiger partial charge in [0.1, 0.15) is 5.75 Å². The van der Waals surface area contributed by atoms with E-state index < -0.39 is 11.8 Å². The van der Waals surface area contributed by atoms with E-state index in [1.165, 1.54) is 0 Å². The zero-order chi connectivity index (χ0) is 16.1. The number of hydrogen-bond donors (Lipinski definition) is 1. The van der Waals surface area contributed by atoms with Crippen molar-refractivity contribution in [2.45, 2.75) is 39.7 Å². The van der Waals surface area contributed by atoms with Gasteiger partial charge in [0.2, 0.25) is 0 Å². The molecule has 1 aliphatic heterocycles. The number of benzene rings is 1. The Bertz CT molecular complexity index is 542. The summed E-state index contributed by atoms with van der Waals surface area (Å²) in [6.45, 7) is 7.23. The molecule has 1 heterocycles. The highest BCUT2D eigenvalue weighted by atomic mass is 16.5. The van der Waals surface area contributed by atoms with Crippen LogP contribution in [0.5, 0.6) is 5.75 Å². The van der Waals surface area contributed by atoms with Crippen molar-refractivity contribution < 1.29 is 14.3 Å². The number of likely N-dealkylation sites (tertiary alicyclic amines) is 1. The first-order valence-corrected chi connectivity index (χ1v) is 7.83. The van der Waals surface area contributed by atoms with Crippen molar-refractivity contribution >= 4 is 17.5 Å². The van der Waals surface area contributed by atoms with E-state index >= 15 is 0 Å². The minimum Gasteiger partial charge on any atom is -0.489 e. The number of nitrogens with one attached hydrogen (secondary N) is 1. The highest BCUT2D eigenvalue weighted by Crippen LogP contribution is 2.25. The van der Waals surface area contributed by atoms with Crippen molar-refractivity contribution in [3.63, 3.8) is 0 Å². The molecule has 1 N–H and O–H groups in total. The predicted octanol–water partition coefficient (Wildman–Crippen LogP) is 2.67. The molecular weight excluding hydrogens is 280 g/mol. The lowest BCUT2D eigenvalue weighted by atomic mass is 10.0. The molecule has 0 aromatic heterocycles.